The fourth-order valence-corrected chi connectivity index (χ4v) is 4.09. The number of aliphatic hydroxyl groups excluding tert-OH is 1. The highest BCUT2D eigenvalue weighted by atomic mass is 16.6. The largest absolute Gasteiger partial charge is 0.494 e. The monoisotopic (exact) mass is 457 g/mol. The number of aromatic nitrogens is 3. The van der Waals surface area contributed by atoms with Gasteiger partial charge in [0.25, 0.3) is 5.89 Å². The van der Waals surface area contributed by atoms with Gasteiger partial charge in [0.2, 0.25) is 6.39 Å². The molecule has 1 aliphatic heterocycles. The first-order valence-corrected chi connectivity index (χ1v) is 10.9. The van der Waals surface area contributed by atoms with E-state index in [2.05, 4.69) is 25.8 Å². The van der Waals surface area contributed by atoms with Gasteiger partial charge in [-0.25, -0.2) is 4.98 Å². The molecule has 0 amide bonds. The Morgan fingerprint density at radius 3 is 2.76 bits per heavy atom. The third-order valence-corrected chi connectivity index (χ3v) is 5.80. The Morgan fingerprint density at radius 1 is 1.18 bits per heavy atom. The summed E-state index contributed by atoms with van der Waals surface area (Å²) in [4.78, 5) is 4.54. The van der Waals surface area contributed by atoms with Crippen LogP contribution in [0.5, 0.6) is 0 Å². The van der Waals surface area contributed by atoms with E-state index < -0.39 is 0 Å². The highest BCUT2D eigenvalue weighted by molar-refractivity contribution is 6.63. The van der Waals surface area contributed by atoms with E-state index >= 15 is 0 Å². The summed E-state index contributed by atoms with van der Waals surface area (Å²) in [5.74, 6) is 0.950. The number of aliphatic hydroxyl groups is 1. The van der Waals surface area contributed by atoms with E-state index in [4.69, 9.17) is 13.7 Å². The van der Waals surface area contributed by atoms with E-state index in [0.717, 1.165) is 22.3 Å². The van der Waals surface area contributed by atoms with Crippen molar-refractivity contribution in [2.24, 2.45) is 0 Å². The molecule has 0 fully saturated rings. The molecule has 0 saturated heterocycles. The standard InChI is InChI=1S/C24H24BN5O4/c1-15-18-10-17(8-9-20(18)25(32-2)34-15)28-23-11-21(19(12-26-23)24-30-27-14-33-24)29-22(13-31)16-6-4-3-5-7-16/h3-12,14-15,22,31H,13H2,1-2H3,(H2,26,28,29)/t15?,22-/m1/s1. The maximum Gasteiger partial charge on any atom is 0.494 e. The lowest BCUT2D eigenvalue weighted by Gasteiger charge is -2.20. The predicted molar refractivity (Wildman–Crippen MR) is 129 cm³/mol. The molecule has 4 aromatic rings. The zero-order valence-corrected chi connectivity index (χ0v) is 18.8. The van der Waals surface area contributed by atoms with E-state index in [-0.39, 0.29) is 25.9 Å². The van der Waals surface area contributed by atoms with Crippen LogP contribution in [0.3, 0.4) is 0 Å². The number of benzene rings is 2. The Hall–Kier alpha value is -3.73. The molecule has 1 aliphatic rings. The average Bonchev–Trinajstić information content (AvgIpc) is 3.51. The second-order valence-corrected chi connectivity index (χ2v) is 7.96. The van der Waals surface area contributed by atoms with Crippen LogP contribution < -0.4 is 16.1 Å². The van der Waals surface area contributed by atoms with E-state index in [1.807, 2.05) is 61.5 Å². The molecule has 3 heterocycles. The maximum absolute atomic E-state index is 10.1. The minimum Gasteiger partial charge on any atom is -0.423 e. The van der Waals surface area contributed by atoms with Crippen LogP contribution in [-0.2, 0) is 9.31 Å². The molecular weight excluding hydrogens is 433 g/mol. The molecule has 3 N–H and O–H groups in total. The molecule has 0 aliphatic carbocycles. The summed E-state index contributed by atoms with van der Waals surface area (Å²) in [6.07, 6.45) is 2.87. The van der Waals surface area contributed by atoms with E-state index in [0.29, 0.717) is 23.0 Å². The maximum atomic E-state index is 10.1. The Balaban J connectivity index is 1.46. The van der Waals surface area contributed by atoms with Crippen molar-refractivity contribution < 1.29 is 18.8 Å². The molecule has 2 atom stereocenters. The van der Waals surface area contributed by atoms with Gasteiger partial charge >= 0.3 is 7.12 Å². The minimum absolute atomic E-state index is 0.0667. The number of hydrogen-bond donors (Lipinski definition) is 3. The average molecular weight is 457 g/mol. The second-order valence-electron chi connectivity index (χ2n) is 7.96. The molecule has 34 heavy (non-hydrogen) atoms. The van der Waals surface area contributed by atoms with Gasteiger partial charge in [-0.3, -0.25) is 0 Å². The van der Waals surface area contributed by atoms with Crippen molar-refractivity contribution in [3.8, 4) is 11.5 Å². The summed E-state index contributed by atoms with van der Waals surface area (Å²) in [5, 5.41) is 24.6. The van der Waals surface area contributed by atoms with Crippen molar-refractivity contribution in [3.63, 3.8) is 0 Å². The fourth-order valence-electron chi connectivity index (χ4n) is 4.09. The Morgan fingerprint density at radius 2 is 2.03 bits per heavy atom. The van der Waals surface area contributed by atoms with Crippen LogP contribution in [0.1, 0.15) is 30.2 Å². The summed E-state index contributed by atoms with van der Waals surface area (Å²) >= 11 is 0. The smallest absolute Gasteiger partial charge is 0.423 e. The van der Waals surface area contributed by atoms with E-state index in [1.165, 1.54) is 6.39 Å². The second kappa shape index (κ2) is 9.64. The first-order valence-electron chi connectivity index (χ1n) is 10.9. The van der Waals surface area contributed by atoms with Gasteiger partial charge < -0.3 is 29.5 Å². The van der Waals surface area contributed by atoms with Crippen molar-refractivity contribution in [2.75, 3.05) is 24.4 Å². The summed E-state index contributed by atoms with van der Waals surface area (Å²) in [6, 6.07) is 17.3. The van der Waals surface area contributed by atoms with Gasteiger partial charge in [0.15, 0.2) is 0 Å². The van der Waals surface area contributed by atoms with Crippen molar-refractivity contribution >= 4 is 29.8 Å². The number of nitrogens with zero attached hydrogens (tertiary/aromatic N) is 3. The zero-order chi connectivity index (χ0) is 23.5. The predicted octanol–water partition coefficient (Wildman–Crippen LogP) is 3.45. The molecule has 0 spiro atoms. The molecule has 2 aromatic heterocycles. The van der Waals surface area contributed by atoms with Crippen LogP contribution in [0.25, 0.3) is 11.5 Å². The van der Waals surface area contributed by atoms with Gasteiger partial charge in [0.1, 0.15) is 5.82 Å². The van der Waals surface area contributed by atoms with Crippen LogP contribution in [0.15, 0.2) is 71.6 Å². The highest BCUT2D eigenvalue weighted by Crippen LogP contribution is 2.32. The van der Waals surface area contributed by atoms with Gasteiger partial charge in [0, 0.05) is 25.1 Å². The number of anilines is 3. The lowest BCUT2D eigenvalue weighted by Crippen LogP contribution is -2.30. The normalized spacial score (nSPS) is 15.7. The van der Waals surface area contributed by atoms with E-state index in [1.54, 1.807) is 13.3 Å². The fraction of sp³-hybridized carbons (Fsp3) is 0.208. The SMILES string of the molecule is COB1OC(C)c2cc(Nc3cc(N[C@H](CO)c4ccccc4)c(-c4nnco4)cn3)ccc21. The minimum atomic E-state index is -0.352. The number of nitrogens with one attached hydrogen (secondary N) is 2. The van der Waals surface area contributed by atoms with Gasteiger partial charge in [-0.15, -0.1) is 10.2 Å². The third kappa shape index (κ3) is 4.38. The van der Waals surface area contributed by atoms with Crippen molar-refractivity contribution in [3.05, 3.63) is 78.3 Å². The van der Waals surface area contributed by atoms with Crippen LogP contribution in [0.2, 0.25) is 0 Å². The lowest BCUT2D eigenvalue weighted by molar-refractivity contribution is 0.191. The Labute approximate surface area is 197 Å². The number of fused-ring (bicyclic) bond motifs is 1. The number of hydrogen-bond acceptors (Lipinski definition) is 9. The Bertz CT molecular complexity index is 1260. The molecule has 0 radical (unpaired) electrons. The molecule has 0 bridgehead atoms. The quantitative estimate of drug-likeness (QED) is 0.342. The van der Waals surface area contributed by atoms with Crippen LogP contribution in [0.4, 0.5) is 17.2 Å². The lowest BCUT2D eigenvalue weighted by atomic mass is 9.78. The topological polar surface area (TPSA) is 115 Å². The molecule has 5 rings (SSSR count). The molecule has 10 heteroatoms. The summed E-state index contributed by atoms with van der Waals surface area (Å²) in [6.45, 7) is 1.90. The molecule has 0 saturated carbocycles. The molecule has 1 unspecified atom stereocenters. The van der Waals surface area contributed by atoms with Crippen molar-refractivity contribution in [2.45, 2.75) is 19.1 Å². The zero-order valence-electron chi connectivity index (χ0n) is 18.8. The van der Waals surface area contributed by atoms with Gasteiger partial charge in [-0.05, 0) is 35.6 Å². The molecule has 9 nitrogen and oxygen atoms in total. The Kier molecular flexibility index (Phi) is 6.26. The summed E-state index contributed by atoms with van der Waals surface area (Å²) in [7, 11) is 1.28. The third-order valence-electron chi connectivity index (χ3n) is 5.80. The van der Waals surface area contributed by atoms with E-state index in [9.17, 15) is 5.11 Å². The summed E-state index contributed by atoms with van der Waals surface area (Å²) in [5.41, 5.74) is 5.25. The van der Waals surface area contributed by atoms with Crippen molar-refractivity contribution in [1.29, 1.82) is 0 Å². The van der Waals surface area contributed by atoms with Gasteiger partial charge in [-0.2, -0.15) is 0 Å². The van der Waals surface area contributed by atoms with Crippen LogP contribution in [-0.4, -0.2) is 41.1 Å². The molecule has 172 valence electrons. The molecular formula is C24H24BN5O4. The number of pyridine rings is 1. The van der Waals surface area contributed by atoms with Gasteiger partial charge in [-0.1, -0.05) is 36.4 Å². The first-order chi connectivity index (χ1) is 16.7. The van der Waals surface area contributed by atoms with Crippen molar-refractivity contribution in [1.82, 2.24) is 15.2 Å². The van der Waals surface area contributed by atoms with Gasteiger partial charge in [0.05, 0.1) is 30.0 Å². The van der Waals surface area contributed by atoms with Crippen LogP contribution in [0, 0.1) is 0 Å². The number of rotatable bonds is 8. The highest BCUT2D eigenvalue weighted by Gasteiger charge is 2.34. The summed E-state index contributed by atoms with van der Waals surface area (Å²) < 4.78 is 16.7. The van der Waals surface area contributed by atoms with Crippen LogP contribution >= 0.6 is 0 Å². The molecule has 2 aromatic carbocycles. The first kappa shape index (κ1) is 22.1.